The number of non-ortho nitro benzene ring substituents is 1. The first-order valence-electron chi connectivity index (χ1n) is 5.89. The zero-order valence-electron chi connectivity index (χ0n) is 10.9. The molecule has 0 radical (unpaired) electrons. The molecule has 0 aliphatic heterocycles. The average Bonchev–Trinajstić information content (AvgIpc) is 2.43. The summed E-state index contributed by atoms with van der Waals surface area (Å²) in [6.07, 6.45) is 0. The number of halogens is 3. The minimum absolute atomic E-state index is 0.0651. The highest BCUT2D eigenvalue weighted by Crippen LogP contribution is 2.40. The quantitative estimate of drug-likeness (QED) is 0.403. The first-order valence-corrected chi connectivity index (χ1v) is 7.18. The first kappa shape index (κ1) is 15.9. The third-order valence-electron chi connectivity index (χ3n) is 2.77. The molecule has 2 rings (SSSR count). The summed E-state index contributed by atoms with van der Waals surface area (Å²) in [6.45, 7) is 1.94. The highest BCUT2D eigenvalue weighted by Gasteiger charge is 2.17. The van der Waals surface area contributed by atoms with Crippen LogP contribution in [0, 0.1) is 17.0 Å². The van der Waals surface area contributed by atoms with Crippen LogP contribution in [0.3, 0.4) is 0 Å². The van der Waals surface area contributed by atoms with Gasteiger partial charge in [0.1, 0.15) is 5.75 Å². The van der Waals surface area contributed by atoms with Gasteiger partial charge < -0.3 is 4.74 Å². The molecular formula is C14H10Cl3NO3. The van der Waals surface area contributed by atoms with Crippen molar-refractivity contribution < 1.29 is 9.66 Å². The number of benzene rings is 2. The molecule has 0 atom stereocenters. The number of rotatable bonds is 4. The van der Waals surface area contributed by atoms with E-state index in [1.54, 1.807) is 6.07 Å². The zero-order chi connectivity index (χ0) is 15.6. The lowest BCUT2D eigenvalue weighted by atomic mass is 10.1. The lowest BCUT2D eigenvalue weighted by molar-refractivity contribution is -0.384. The third-order valence-corrected chi connectivity index (χ3v) is 3.62. The molecule has 0 saturated heterocycles. The molecule has 0 fully saturated rings. The topological polar surface area (TPSA) is 52.4 Å². The van der Waals surface area contributed by atoms with Gasteiger partial charge in [-0.15, -0.1) is 11.6 Å². The highest BCUT2D eigenvalue weighted by molar-refractivity contribution is 6.37. The number of nitrogens with zero attached hydrogens (tertiary/aromatic N) is 1. The maximum absolute atomic E-state index is 10.7. The van der Waals surface area contributed by atoms with Crippen molar-refractivity contribution in [3.63, 3.8) is 0 Å². The van der Waals surface area contributed by atoms with Crippen LogP contribution in [0.4, 0.5) is 5.69 Å². The molecule has 0 unspecified atom stereocenters. The highest BCUT2D eigenvalue weighted by atomic mass is 35.5. The smallest absolute Gasteiger partial charge is 0.272 e. The van der Waals surface area contributed by atoms with E-state index in [-0.39, 0.29) is 27.4 Å². The Morgan fingerprint density at radius 1 is 1.19 bits per heavy atom. The number of aryl methyl sites for hydroxylation is 1. The predicted octanol–water partition coefficient (Wildman–Crippen LogP) is 5.74. The van der Waals surface area contributed by atoms with Gasteiger partial charge in [0, 0.05) is 17.7 Å². The normalized spacial score (nSPS) is 10.5. The van der Waals surface area contributed by atoms with Crippen LogP contribution in [0.25, 0.3) is 0 Å². The molecule has 0 spiro atoms. The molecule has 0 heterocycles. The van der Waals surface area contributed by atoms with E-state index >= 15 is 0 Å². The molecule has 21 heavy (non-hydrogen) atoms. The van der Waals surface area contributed by atoms with E-state index in [0.29, 0.717) is 5.75 Å². The Morgan fingerprint density at radius 2 is 1.81 bits per heavy atom. The lowest BCUT2D eigenvalue weighted by Gasteiger charge is -2.12. The largest absolute Gasteiger partial charge is 0.454 e. The first-order chi connectivity index (χ1) is 9.92. The Balaban J connectivity index is 2.43. The Bertz CT molecular complexity index is 681. The summed E-state index contributed by atoms with van der Waals surface area (Å²) < 4.78 is 5.68. The number of hydrogen-bond donors (Lipinski definition) is 0. The molecule has 0 aliphatic carbocycles. The fraction of sp³-hybridized carbons (Fsp3) is 0.143. The second-order valence-electron chi connectivity index (χ2n) is 4.34. The van der Waals surface area contributed by atoms with E-state index in [1.165, 1.54) is 12.1 Å². The van der Waals surface area contributed by atoms with Gasteiger partial charge in [-0.2, -0.15) is 0 Å². The summed E-state index contributed by atoms with van der Waals surface area (Å²) in [5.74, 6) is 0.937. The maximum Gasteiger partial charge on any atom is 0.272 e. The maximum atomic E-state index is 10.7. The number of alkyl halides is 1. The van der Waals surface area contributed by atoms with Gasteiger partial charge in [0.05, 0.1) is 20.8 Å². The molecule has 4 nitrogen and oxygen atoms in total. The van der Waals surface area contributed by atoms with Crippen LogP contribution in [0.1, 0.15) is 11.1 Å². The van der Waals surface area contributed by atoms with Gasteiger partial charge in [0.15, 0.2) is 5.75 Å². The summed E-state index contributed by atoms with van der Waals surface area (Å²) in [4.78, 5) is 10.2. The van der Waals surface area contributed by atoms with Crippen molar-refractivity contribution in [2.24, 2.45) is 0 Å². The molecular weight excluding hydrogens is 337 g/mol. The standard InChI is InChI=1S/C14H10Cl3NO3/c1-8-2-3-13(9(4-8)7-15)21-14-11(16)5-10(18(19)20)6-12(14)17/h2-6H,7H2,1H3. The van der Waals surface area contributed by atoms with Crippen molar-refractivity contribution in [2.75, 3.05) is 0 Å². The van der Waals surface area contributed by atoms with Gasteiger partial charge >= 0.3 is 0 Å². The zero-order valence-corrected chi connectivity index (χ0v) is 13.2. The van der Waals surface area contributed by atoms with E-state index in [9.17, 15) is 10.1 Å². The van der Waals surface area contributed by atoms with Crippen LogP contribution in [-0.4, -0.2) is 4.92 Å². The molecule has 2 aromatic rings. The van der Waals surface area contributed by atoms with Crippen LogP contribution in [0.15, 0.2) is 30.3 Å². The van der Waals surface area contributed by atoms with Crippen molar-refractivity contribution in [3.05, 3.63) is 61.6 Å². The van der Waals surface area contributed by atoms with E-state index in [1.807, 2.05) is 19.1 Å². The Kier molecular flexibility index (Phi) is 4.93. The minimum atomic E-state index is -0.572. The molecule has 110 valence electrons. The molecule has 0 aliphatic rings. The molecule has 0 N–H and O–H groups in total. The van der Waals surface area contributed by atoms with E-state index < -0.39 is 4.92 Å². The molecule has 0 bridgehead atoms. The summed E-state index contributed by atoms with van der Waals surface area (Å²) in [5, 5.41) is 10.9. The van der Waals surface area contributed by atoms with Crippen LogP contribution in [-0.2, 0) is 5.88 Å². The van der Waals surface area contributed by atoms with Crippen molar-refractivity contribution in [2.45, 2.75) is 12.8 Å². The Morgan fingerprint density at radius 3 is 2.33 bits per heavy atom. The van der Waals surface area contributed by atoms with Gasteiger partial charge in [0.2, 0.25) is 0 Å². The minimum Gasteiger partial charge on any atom is -0.454 e. The third kappa shape index (κ3) is 3.59. The SMILES string of the molecule is Cc1ccc(Oc2c(Cl)cc([N+](=O)[O-])cc2Cl)c(CCl)c1. The van der Waals surface area contributed by atoms with Crippen LogP contribution in [0.2, 0.25) is 10.0 Å². The monoisotopic (exact) mass is 345 g/mol. The van der Waals surface area contributed by atoms with Gasteiger partial charge in [-0.05, 0) is 13.0 Å². The van der Waals surface area contributed by atoms with E-state index in [0.717, 1.165) is 11.1 Å². The average molecular weight is 347 g/mol. The number of nitro groups is 1. The van der Waals surface area contributed by atoms with E-state index in [2.05, 4.69) is 0 Å². The summed E-state index contributed by atoms with van der Waals surface area (Å²) in [6, 6.07) is 7.88. The van der Waals surface area contributed by atoms with Crippen LogP contribution >= 0.6 is 34.8 Å². The summed E-state index contributed by atoms with van der Waals surface area (Å²) in [5.41, 5.74) is 1.62. The number of hydrogen-bond acceptors (Lipinski definition) is 3. The van der Waals surface area contributed by atoms with E-state index in [4.69, 9.17) is 39.5 Å². The second kappa shape index (κ2) is 6.52. The number of ether oxygens (including phenoxy) is 1. The fourth-order valence-electron chi connectivity index (χ4n) is 1.77. The molecule has 0 aromatic heterocycles. The molecule has 7 heteroatoms. The van der Waals surface area contributed by atoms with Crippen LogP contribution < -0.4 is 4.74 Å². The van der Waals surface area contributed by atoms with Crippen molar-refractivity contribution in [3.8, 4) is 11.5 Å². The van der Waals surface area contributed by atoms with Crippen molar-refractivity contribution in [1.29, 1.82) is 0 Å². The van der Waals surface area contributed by atoms with Gasteiger partial charge in [-0.3, -0.25) is 10.1 Å². The lowest BCUT2D eigenvalue weighted by Crippen LogP contribution is -1.94. The van der Waals surface area contributed by atoms with Gasteiger partial charge in [-0.25, -0.2) is 0 Å². The van der Waals surface area contributed by atoms with Gasteiger partial charge in [0.25, 0.3) is 5.69 Å². The summed E-state index contributed by atoms with van der Waals surface area (Å²) in [7, 11) is 0. The fourth-order valence-corrected chi connectivity index (χ4v) is 2.53. The summed E-state index contributed by atoms with van der Waals surface area (Å²) >= 11 is 17.9. The van der Waals surface area contributed by atoms with Gasteiger partial charge in [-0.1, -0.05) is 40.9 Å². The molecule has 0 saturated carbocycles. The van der Waals surface area contributed by atoms with Crippen LogP contribution in [0.5, 0.6) is 11.5 Å². The Labute approximate surface area is 136 Å². The van der Waals surface area contributed by atoms with Crippen molar-refractivity contribution >= 4 is 40.5 Å². The van der Waals surface area contributed by atoms with Crippen molar-refractivity contribution in [1.82, 2.24) is 0 Å². The second-order valence-corrected chi connectivity index (χ2v) is 5.42. The predicted molar refractivity (Wildman–Crippen MR) is 83.9 cm³/mol. The number of nitro benzene ring substituents is 1. The molecule has 0 amide bonds. The Hall–Kier alpha value is -1.49. The molecule has 2 aromatic carbocycles.